The highest BCUT2D eigenvalue weighted by Gasteiger charge is 2.16. The molecule has 0 aromatic heterocycles. The molecule has 26 heavy (non-hydrogen) atoms. The van der Waals surface area contributed by atoms with Crippen molar-refractivity contribution in [3.63, 3.8) is 0 Å². The van der Waals surface area contributed by atoms with E-state index in [2.05, 4.69) is 10.9 Å². The first-order chi connectivity index (χ1) is 12.6. The average Bonchev–Trinajstić information content (AvgIpc) is 3.12. The minimum Gasteiger partial charge on any atom is -0.494 e. The van der Waals surface area contributed by atoms with Gasteiger partial charge in [0, 0.05) is 11.6 Å². The Bertz CT molecular complexity index is 882. The number of fused-ring (bicyclic) bond motifs is 1. The Morgan fingerprint density at radius 2 is 1.92 bits per heavy atom. The minimum atomic E-state index is -0.574. The molecule has 0 aliphatic carbocycles. The van der Waals surface area contributed by atoms with Crippen molar-refractivity contribution >= 4 is 17.9 Å². The number of hydrogen-bond donors (Lipinski definition) is 2. The number of ether oxygens (including phenoxy) is 3. The SMILES string of the molecule is COc1ccc(/C=C/C(=O)NNC(=O)c2ccc3c(c2)OCO3)cc1F. The lowest BCUT2D eigenvalue weighted by Gasteiger charge is -2.06. The first-order valence-corrected chi connectivity index (χ1v) is 7.58. The summed E-state index contributed by atoms with van der Waals surface area (Å²) in [6, 6.07) is 8.95. The fourth-order valence-corrected chi connectivity index (χ4v) is 2.23. The first kappa shape index (κ1) is 17.3. The summed E-state index contributed by atoms with van der Waals surface area (Å²) in [5.41, 5.74) is 5.29. The second-order valence-electron chi connectivity index (χ2n) is 5.24. The number of hydrogen-bond acceptors (Lipinski definition) is 5. The molecule has 0 atom stereocenters. The molecule has 0 unspecified atom stereocenters. The second-order valence-corrected chi connectivity index (χ2v) is 5.24. The summed E-state index contributed by atoms with van der Waals surface area (Å²) in [4.78, 5) is 23.8. The maximum Gasteiger partial charge on any atom is 0.269 e. The van der Waals surface area contributed by atoms with Crippen LogP contribution in [-0.4, -0.2) is 25.7 Å². The van der Waals surface area contributed by atoms with Gasteiger partial charge in [-0.1, -0.05) is 6.07 Å². The number of carbonyl (C=O) groups excluding carboxylic acids is 2. The molecule has 0 saturated carbocycles. The summed E-state index contributed by atoms with van der Waals surface area (Å²) < 4.78 is 28.7. The maximum atomic E-state index is 13.6. The molecule has 3 rings (SSSR count). The highest BCUT2D eigenvalue weighted by molar-refractivity contribution is 5.98. The summed E-state index contributed by atoms with van der Waals surface area (Å²) in [6.07, 6.45) is 2.58. The fraction of sp³-hybridized carbons (Fsp3) is 0.111. The van der Waals surface area contributed by atoms with Crippen LogP contribution >= 0.6 is 0 Å². The number of amides is 2. The standard InChI is InChI=1S/C18H15FN2O5/c1-24-14-5-2-11(8-13(14)19)3-7-17(22)20-21-18(23)12-4-6-15-16(9-12)26-10-25-15/h2-9H,10H2,1H3,(H,20,22)(H,21,23)/b7-3+. The molecule has 0 saturated heterocycles. The zero-order chi connectivity index (χ0) is 18.5. The number of methoxy groups -OCH3 is 1. The normalized spacial score (nSPS) is 12.1. The van der Waals surface area contributed by atoms with Crippen molar-refractivity contribution in [1.82, 2.24) is 10.9 Å². The third-order valence-electron chi connectivity index (χ3n) is 3.54. The molecule has 0 radical (unpaired) electrons. The van der Waals surface area contributed by atoms with Gasteiger partial charge in [0.05, 0.1) is 7.11 Å². The Labute approximate surface area is 148 Å². The summed E-state index contributed by atoms with van der Waals surface area (Å²) in [5, 5.41) is 0. The highest BCUT2D eigenvalue weighted by atomic mass is 19.1. The molecule has 1 heterocycles. The van der Waals surface area contributed by atoms with Crippen molar-refractivity contribution in [2.45, 2.75) is 0 Å². The van der Waals surface area contributed by atoms with E-state index in [9.17, 15) is 14.0 Å². The molecule has 0 spiro atoms. The lowest BCUT2D eigenvalue weighted by atomic mass is 10.2. The number of nitrogens with one attached hydrogen (secondary N) is 2. The van der Waals surface area contributed by atoms with Crippen molar-refractivity contribution in [3.05, 3.63) is 59.4 Å². The van der Waals surface area contributed by atoms with Crippen LogP contribution in [0.25, 0.3) is 6.08 Å². The molecule has 0 bridgehead atoms. The number of carbonyl (C=O) groups is 2. The number of rotatable bonds is 4. The predicted molar refractivity (Wildman–Crippen MR) is 90.2 cm³/mol. The quantitative estimate of drug-likeness (QED) is 0.645. The summed E-state index contributed by atoms with van der Waals surface area (Å²) in [5.74, 6) is -0.490. The number of halogens is 1. The maximum absolute atomic E-state index is 13.6. The van der Waals surface area contributed by atoms with Gasteiger partial charge in [-0.15, -0.1) is 0 Å². The number of benzene rings is 2. The predicted octanol–water partition coefficient (Wildman–Crippen LogP) is 2.04. The lowest BCUT2D eigenvalue weighted by molar-refractivity contribution is -0.117. The zero-order valence-corrected chi connectivity index (χ0v) is 13.7. The van der Waals surface area contributed by atoms with Gasteiger partial charge in [-0.25, -0.2) is 4.39 Å². The van der Waals surface area contributed by atoms with Crippen molar-refractivity contribution in [3.8, 4) is 17.2 Å². The summed E-state index contributed by atoms with van der Waals surface area (Å²) >= 11 is 0. The van der Waals surface area contributed by atoms with Gasteiger partial charge in [0.15, 0.2) is 23.1 Å². The molecule has 134 valence electrons. The topological polar surface area (TPSA) is 85.9 Å². The van der Waals surface area contributed by atoms with Crippen molar-refractivity contribution < 1.29 is 28.2 Å². The van der Waals surface area contributed by atoms with E-state index in [1.807, 2.05) is 0 Å². The summed E-state index contributed by atoms with van der Waals surface area (Å²) in [6.45, 7) is 0.105. The molecule has 2 amide bonds. The van der Waals surface area contributed by atoms with Crippen molar-refractivity contribution in [2.75, 3.05) is 13.9 Å². The number of hydrazine groups is 1. The average molecular weight is 358 g/mol. The van der Waals surface area contributed by atoms with Crippen LogP contribution in [-0.2, 0) is 4.79 Å². The van der Waals surface area contributed by atoms with E-state index in [1.54, 1.807) is 18.2 Å². The van der Waals surface area contributed by atoms with Gasteiger partial charge < -0.3 is 14.2 Å². The van der Waals surface area contributed by atoms with Gasteiger partial charge in [0.25, 0.3) is 11.8 Å². The Kier molecular flexibility index (Phi) is 5.02. The molecular weight excluding hydrogens is 343 g/mol. The van der Waals surface area contributed by atoms with E-state index in [0.717, 1.165) is 0 Å². The van der Waals surface area contributed by atoms with Crippen LogP contribution in [0.1, 0.15) is 15.9 Å². The van der Waals surface area contributed by atoms with E-state index in [4.69, 9.17) is 14.2 Å². The van der Waals surface area contributed by atoms with Crippen LogP contribution in [0.15, 0.2) is 42.5 Å². The molecular formula is C18H15FN2O5. The van der Waals surface area contributed by atoms with Crippen molar-refractivity contribution in [2.24, 2.45) is 0 Å². The van der Waals surface area contributed by atoms with Gasteiger partial charge in [-0.05, 0) is 42.0 Å². The molecule has 2 aromatic carbocycles. The largest absolute Gasteiger partial charge is 0.494 e. The molecule has 7 nitrogen and oxygen atoms in total. The third-order valence-corrected chi connectivity index (χ3v) is 3.54. The Morgan fingerprint density at radius 3 is 2.69 bits per heavy atom. The molecule has 1 aliphatic rings. The monoisotopic (exact) mass is 358 g/mol. The Balaban J connectivity index is 1.55. The second kappa shape index (κ2) is 7.56. The van der Waals surface area contributed by atoms with Gasteiger partial charge in [0.2, 0.25) is 6.79 Å². The van der Waals surface area contributed by atoms with Crippen LogP contribution in [0.4, 0.5) is 4.39 Å². The van der Waals surface area contributed by atoms with Crippen molar-refractivity contribution in [1.29, 1.82) is 0 Å². The highest BCUT2D eigenvalue weighted by Crippen LogP contribution is 2.32. The zero-order valence-electron chi connectivity index (χ0n) is 13.7. The molecule has 8 heteroatoms. The van der Waals surface area contributed by atoms with E-state index >= 15 is 0 Å². The summed E-state index contributed by atoms with van der Waals surface area (Å²) in [7, 11) is 1.37. The van der Waals surface area contributed by atoms with Crippen LogP contribution in [0, 0.1) is 5.82 Å². The van der Waals surface area contributed by atoms with Crippen LogP contribution in [0.3, 0.4) is 0 Å². The molecule has 0 fully saturated rings. The van der Waals surface area contributed by atoms with E-state index < -0.39 is 17.6 Å². The van der Waals surface area contributed by atoms with Gasteiger partial charge in [-0.3, -0.25) is 20.4 Å². The van der Waals surface area contributed by atoms with E-state index in [1.165, 1.54) is 37.5 Å². The minimum absolute atomic E-state index is 0.105. The van der Waals surface area contributed by atoms with Crippen LogP contribution in [0.5, 0.6) is 17.2 Å². The van der Waals surface area contributed by atoms with Crippen LogP contribution < -0.4 is 25.1 Å². The Morgan fingerprint density at radius 1 is 1.12 bits per heavy atom. The van der Waals surface area contributed by atoms with Gasteiger partial charge in [0.1, 0.15) is 0 Å². The Hall–Kier alpha value is -3.55. The smallest absolute Gasteiger partial charge is 0.269 e. The van der Waals surface area contributed by atoms with Crippen LogP contribution in [0.2, 0.25) is 0 Å². The third kappa shape index (κ3) is 3.92. The molecule has 2 N–H and O–H groups in total. The van der Waals surface area contributed by atoms with Gasteiger partial charge in [-0.2, -0.15) is 0 Å². The molecule has 1 aliphatic heterocycles. The van der Waals surface area contributed by atoms with Gasteiger partial charge >= 0.3 is 0 Å². The van der Waals surface area contributed by atoms with E-state index in [-0.39, 0.29) is 12.5 Å². The molecule has 2 aromatic rings. The fourth-order valence-electron chi connectivity index (χ4n) is 2.23. The van der Waals surface area contributed by atoms with E-state index in [0.29, 0.717) is 22.6 Å². The lowest BCUT2D eigenvalue weighted by Crippen LogP contribution is -2.40. The first-order valence-electron chi connectivity index (χ1n) is 7.58.